The zero-order valence-electron chi connectivity index (χ0n) is 15.1. The largest absolute Gasteiger partial charge is 0.397 e. The number of anilines is 4. The topological polar surface area (TPSA) is 136 Å². The number of para-hydroxylation sites is 2. The highest BCUT2D eigenvalue weighted by molar-refractivity contribution is 7.86. The molecule has 0 saturated heterocycles. The summed E-state index contributed by atoms with van der Waals surface area (Å²) in [6.45, 7) is 4.10. The van der Waals surface area contributed by atoms with Crippen molar-refractivity contribution in [3.63, 3.8) is 0 Å². The number of nitrogens with one attached hydrogen (secondary N) is 1. The molecule has 3 aromatic rings. The van der Waals surface area contributed by atoms with Gasteiger partial charge in [0.1, 0.15) is 4.90 Å². The van der Waals surface area contributed by atoms with Gasteiger partial charge in [-0.3, -0.25) is 9.35 Å². The van der Waals surface area contributed by atoms with E-state index in [1.807, 2.05) is 0 Å². The molecule has 0 aromatic heterocycles. The SMILES string of the molecule is C=C1c2ccccc2C(=O)c2c(N)c(S(=O)(=O)O)cc(Nc3ccccc3N)c21. The average Bonchev–Trinajstić information content (AvgIpc) is 2.68. The van der Waals surface area contributed by atoms with Crippen molar-refractivity contribution in [1.82, 2.24) is 0 Å². The van der Waals surface area contributed by atoms with Gasteiger partial charge in [0.15, 0.2) is 5.78 Å². The molecule has 8 heteroatoms. The lowest BCUT2D eigenvalue weighted by Gasteiger charge is -2.26. The van der Waals surface area contributed by atoms with Gasteiger partial charge >= 0.3 is 0 Å². The van der Waals surface area contributed by atoms with Crippen LogP contribution in [0.3, 0.4) is 0 Å². The van der Waals surface area contributed by atoms with Crippen molar-refractivity contribution >= 4 is 44.2 Å². The standard InChI is InChI=1S/C21H17N3O4S/c1-11-12-6-2-3-7-13(12)21(25)19-18(11)16(10-17(20(19)23)29(26,27)28)24-15-9-5-4-8-14(15)22/h2-10,24H,1,22-23H2,(H,26,27,28). The highest BCUT2D eigenvalue weighted by Crippen LogP contribution is 2.44. The smallest absolute Gasteiger partial charge is 0.296 e. The first-order valence-corrected chi connectivity index (χ1v) is 10.0. The third-order valence-electron chi connectivity index (χ3n) is 4.86. The van der Waals surface area contributed by atoms with E-state index in [9.17, 15) is 17.8 Å². The Kier molecular flexibility index (Phi) is 4.18. The number of fused-ring (bicyclic) bond motifs is 2. The van der Waals surface area contributed by atoms with E-state index >= 15 is 0 Å². The monoisotopic (exact) mass is 407 g/mol. The zero-order valence-corrected chi connectivity index (χ0v) is 16.0. The molecular formula is C21H17N3O4S. The van der Waals surface area contributed by atoms with E-state index in [4.69, 9.17) is 11.5 Å². The number of rotatable bonds is 3. The average molecular weight is 407 g/mol. The van der Waals surface area contributed by atoms with Crippen LogP contribution in [0.1, 0.15) is 27.0 Å². The van der Waals surface area contributed by atoms with E-state index in [-0.39, 0.29) is 16.9 Å². The van der Waals surface area contributed by atoms with Crippen LogP contribution in [0, 0.1) is 0 Å². The maximum atomic E-state index is 13.2. The van der Waals surface area contributed by atoms with Crippen molar-refractivity contribution in [2.75, 3.05) is 16.8 Å². The lowest BCUT2D eigenvalue weighted by molar-refractivity contribution is 0.103. The van der Waals surface area contributed by atoms with E-state index in [0.717, 1.165) is 0 Å². The third-order valence-corrected chi connectivity index (χ3v) is 5.76. The predicted molar refractivity (Wildman–Crippen MR) is 113 cm³/mol. The first kappa shape index (κ1) is 18.7. The van der Waals surface area contributed by atoms with Gasteiger partial charge in [-0.2, -0.15) is 8.42 Å². The minimum atomic E-state index is -4.69. The lowest BCUT2D eigenvalue weighted by Crippen LogP contribution is -2.20. The molecule has 4 rings (SSSR count). The highest BCUT2D eigenvalue weighted by atomic mass is 32.2. The Labute approximate surface area is 167 Å². The molecular weight excluding hydrogens is 390 g/mol. The first-order valence-electron chi connectivity index (χ1n) is 8.59. The summed E-state index contributed by atoms with van der Waals surface area (Å²) in [4.78, 5) is 12.6. The first-order chi connectivity index (χ1) is 13.7. The molecule has 1 aliphatic rings. The van der Waals surface area contributed by atoms with E-state index in [0.29, 0.717) is 33.6 Å². The second-order valence-electron chi connectivity index (χ2n) is 6.63. The Hall–Kier alpha value is -3.62. The van der Waals surface area contributed by atoms with Crippen molar-refractivity contribution in [1.29, 1.82) is 0 Å². The van der Waals surface area contributed by atoms with E-state index in [2.05, 4.69) is 11.9 Å². The van der Waals surface area contributed by atoms with Crippen LogP contribution in [-0.4, -0.2) is 18.8 Å². The molecule has 7 nitrogen and oxygen atoms in total. The van der Waals surface area contributed by atoms with Crippen molar-refractivity contribution in [2.24, 2.45) is 0 Å². The van der Waals surface area contributed by atoms with Crippen molar-refractivity contribution in [2.45, 2.75) is 4.90 Å². The van der Waals surface area contributed by atoms with Crippen LogP contribution < -0.4 is 16.8 Å². The Bertz CT molecular complexity index is 1310. The zero-order chi connectivity index (χ0) is 20.9. The number of nitrogens with two attached hydrogens (primary N) is 2. The Morgan fingerprint density at radius 1 is 0.897 bits per heavy atom. The summed E-state index contributed by atoms with van der Waals surface area (Å²) >= 11 is 0. The Morgan fingerprint density at radius 2 is 1.52 bits per heavy atom. The van der Waals surface area contributed by atoms with E-state index in [1.165, 1.54) is 6.07 Å². The van der Waals surface area contributed by atoms with Crippen LogP contribution in [0.4, 0.5) is 22.7 Å². The van der Waals surface area contributed by atoms with Crippen molar-refractivity contribution in [3.8, 4) is 0 Å². The number of nitrogen functional groups attached to an aromatic ring is 2. The Balaban J connectivity index is 2.05. The minimum absolute atomic E-state index is 0.0270. The van der Waals surface area contributed by atoms with Gasteiger partial charge in [-0.05, 0) is 29.3 Å². The molecule has 6 N–H and O–H groups in total. The van der Waals surface area contributed by atoms with Crippen LogP contribution in [-0.2, 0) is 10.1 Å². The molecule has 29 heavy (non-hydrogen) atoms. The van der Waals surface area contributed by atoms with Gasteiger partial charge in [0.05, 0.1) is 22.6 Å². The predicted octanol–water partition coefficient (Wildman–Crippen LogP) is 3.45. The fourth-order valence-corrected chi connectivity index (χ4v) is 4.15. The van der Waals surface area contributed by atoms with Crippen molar-refractivity contribution < 1.29 is 17.8 Å². The molecule has 0 atom stereocenters. The minimum Gasteiger partial charge on any atom is -0.397 e. The van der Waals surface area contributed by atoms with E-state index in [1.54, 1.807) is 48.5 Å². The highest BCUT2D eigenvalue weighted by Gasteiger charge is 2.33. The summed E-state index contributed by atoms with van der Waals surface area (Å²) in [7, 11) is -4.69. The lowest BCUT2D eigenvalue weighted by atomic mass is 9.80. The van der Waals surface area contributed by atoms with Gasteiger partial charge in [0.25, 0.3) is 10.1 Å². The summed E-state index contributed by atoms with van der Waals surface area (Å²) in [5.74, 6) is -0.449. The molecule has 1 aliphatic carbocycles. The summed E-state index contributed by atoms with van der Waals surface area (Å²) < 4.78 is 33.5. The summed E-state index contributed by atoms with van der Waals surface area (Å²) in [5.41, 5.74) is 14.7. The summed E-state index contributed by atoms with van der Waals surface area (Å²) in [5, 5.41) is 3.05. The van der Waals surface area contributed by atoms with E-state index < -0.39 is 20.8 Å². The quantitative estimate of drug-likeness (QED) is 0.302. The van der Waals surface area contributed by atoms with Gasteiger partial charge in [0.2, 0.25) is 0 Å². The number of hydrogen-bond acceptors (Lipinski definition) is 6. The third kappa shape index (κ3) is 2.95. The van der Waals surface area contributed by atoms with Crippen LogP contribution in [0.25, 0.3) is 5.57 Å². The second-order valence-corrected chi connectivity index (χ2v) is 8.02. The molecule has 0 saturated carbocycles. The molecule has 3 aromatic carbocycles. The molecule has 0 fully saturated rings. The number of ketones is 1. The molecule has 0 aliphatic heterocycles. The van der Waals surface area contributed by atoms with Crippen molar-refractivity contribution in [3.05, 3.63) is 83.4 Å². The maximum absolute atomic E-state index is 13.2. The van der Waals surface area contributed by atoms with Crippen LogP contribution in [0.5, 0.6) is 0 Å². The van der Waals surface area contributed by atoms with Crippen LogP contribution in [0.15, 0.2) is 66.1 Å². The van der Waals surface area contributed by atoms with Crippen LogP contribution in [0.2, 0.25) is 0 Å². The molecule has 0 spiro atoms. The summed E-state index contributed by atoms with van der Waals surface area (Å²) in [6.07, 6.45) is 0. The molecule has 0 unspecified atom stereocenters. The number of carbonyl (C=O) groups excluding carboxylic acids is 1. The van der Waals surface area contributed by atoms with Gasteiger partial charge < -0.3 is 16.8 Å². The second kappa shape index (κ2) is 6.47. The van der Waals surface area contributed by atoms with Gasteiger partial charge in [0, 0.05) is 16.8 Å². The normalized spacial score (nSPS) is 13.0. The molecule has 146 valence electrons. The molecule has 0 bridgehead atoms. The number of benzene rings is 3. The van der Waals surface area contributed by atoms with Gasteiger partial charge in [-0.25, -0.2) is 0 Å². The molecule has 0 amide bonds. The molecule has 0 radical (unpaired) electrons. The maximum Gasteiger partial charge on any atom is 0.296 e. The van der Waals surface area contributed by atoms with Crippen LogP contribution >= 0.6 is 0 Å². The number of carbonyl (C=O) groups is 1. The fourth-order valence-electron chi connectivity index (χ4n) is 3.50. The van der Waals surface area contributed by atoms with Gasteiger partial charge in [-0.15, -0.1) is 0 Å². The number of hydrogen-bond donors (Lipinski definition) is 4. The van der Waals surface area contributed by atoms with Gasteiger partial charge in [-0.1, -0.05) is 43.0 Å². The molecule has 0 heterocycles. The fraction of sp³-hybridized carbons (Fsp3) is 0. The summed E-state index contributed by atoms with van der Waals surface area (Å²) in [6, 6.07) is 14.9. The Morgan fingerprint density at radius 3 is 2.17 bits per heavy atom.